The number of aryl methyl sites for hydroxylation is 2. The van der Waals surface area contributed by atoms with Gasteiger partial charge in [-0.05, 0) is 49.2 Å². The number of aromatic nitrogens is 12. The second kappa shape index (κ2) is 28.1. The summed E-state index contributed by atoms with van der Waals surface area (Å²) in [6.45, 7) is 1.45. The van der Waals surface area contributed by atoms with Gasteiger partial charge in [0.2, 0.25) is 0 Å². The number of aliphatic hydroxyl groups excluding tert-OH is 12. The SMILES string of the molecule is Cc1ccccc1-c1cn([C@@H]2C(O)[C@H](S[C@@H]3OC(CO)[C@H](O)[C@H](n4cc(-c5ccccc5C)nn4)C3O)OC(CO)[C@@H]2O)nn1.OCC1O[C@@H](S[C@@H]2OC(CO)[C@H](O)[C@H](n3cc(-c4ccccc4F)nn3)C2O)C(O)[C@@H](n2cc(-c3ccccc3F)nn2)[C@H]1O. The summed E-state index contributed by atoms with van der Waals surface area (Å²) in [6, 6.07) is 22.4. The van der Waals surface area contributed by atoms with Gasteiger partial charge in [-0.15, -0.1) is 20.4 Å². The molecule has 4 aliphatic rings. The Morgan fingerprint density at radius 3 is 0.833 bits per heavy atom. The third-order valence-electron chi connectivity index (χ3n) is 16.3. The molecular weight excluding hydrogens is 1220 g/mol. The number of nitrogens with zero attached hydrogens (tertiary/aromatic N) is 12. The van der Waals surface area contributed by atoms with Gasteiger partial charge in [0.1, 0.15) is 154 Å². The van der Waals surface area contributed by atoms with Crippen LogP contribution >= 0.6 is 23.5 Å². The molecule has 0 spiro atoms. The maximum Gasteiger partial charge on any atom is 0.134 e. The number of aliphatic hydroxyl groups is 12. The lowest BCUT2D eigenvalue weighted by molar-refractivity contribution is -0.189. The molecule has 8 unspecified atom stereocenters. The number of halogens is 2. The molecule has 28 nitrogen and oxygen atoms in total. The van der Waals surface area contributed by atoms with E-state index in [-0.39, 0.29) is 22.5 Å². The summed E-state index contributed by atoms with van der Waals surface area (Å²) in [5.74, 6) is -1.10. The third kappa shape index (κ3) is 13.0. The molecule has 20 atom stereocenters. The number of hydrogen-bond donors (Lipinski definition) is 12. The van der Waals surface area contributed by atoms with E-state index in [1.54, 1.807) is 24.5 Å². The van der Waals surface area contributed by atoms with Gasteiger partial charge in [-0.2, -0.15) is 0 Å². The molecule has 12 N–H and O–H groups in total. The second-order valence-electron chi connectivity index (χ2n) is 22.0. The highest BCUT2D eigenvalue weighted by molar-refractivity contribution is 8.00. The van der Waals surface area contributed by atoms with E-state index >= 15 is 0 Å². The summed E-state index contributed by atoms with van der Waals surface area (Å²) in [5, 5.41) is 163. The maximum absolute atomic E-state index is 14.4. The molecule has 0 saturated carbocycles. The molecule has 90 heavy (non-hydrogen) atoms. The van der Waals surface area contributed by atoms with E-state index < -0.39 is 157 Å². The highest BCUT2D eigenvalue weighted by atomic mass is 32.2. The molecule has 12 rings (SSSR count). The molecule has 0 amide bonds. The molecule has 480 valence electrons. The zero-order valence-corrected chi connectivity index (χ0v) is 49.5. The van der Waals surface area contributed by atoms with Crippen molar-refractivity contribution in [1.82, 2.24) is 60.0 Å². The topological polar surface area (TPSA) is 403 Å². The monoisotopic (exact) mass is 1290 g/mol. The molecule has 32 heteroatoms. The Morgan fingerprint density at radius 2 is 0.589 bits per heavy atom. The lowest BCUT2D eigenvalue weighted by atomic mass is 9.97. The zero-order valence-electron chi connectivity index (χ0n) is 47.9. The molecule has 4 aromatic heterocycles. The van der Waals surface area contributed by atoms with Crippen LogP contribution in [-0.2, 0) is 18.9 Å². The molecule has 8 heterocycles. The molecule has 8 aromatic rings. The van der Waals surface area contributed by atoms with Crippen LogP contribution in [0.3, 0.4) is 0 Å². The van der Waals surface area contributed by atoms with Crippen molar-refractivity contribution in [3.8, 4) is 45.0 Å². The zero-order chi connectivity index (χ0) is 63.7. The fourth-order valence-corrected chi connectivity index (χ4v) is 14.1. The average molecular weight is 1290 g/mol. The summed E-state index contributed by atoms with van der Waals surface area (Å²) in [5.41, 5.74) is 0.487. The number of thioether (sulfide) groups is 2. The summed E-state index contributed by atoms with van der Waals surface area (Å²) in [6.07, 6.45) is -10.2. The Balaban J connectivity index is 0.000000185. The number of hydrogen-bond acceptors (Lipinski definition) is 26. The van der Waals surface area contributed by atoms with Gasteiger partial charge >= 0.3 is 0 Å². The first-order chi connectivity index (χ1) is 43.4. The Morgan fingerprint density at radius 1 is 0.356 bits per heavy atom. The summed E-state index contributed by atoms with van der Waals surface area (Å²) >= 11 is 1.67. The van der Waals surface area contributed by atoms with Crippen molar-refractivity contribution in [2.75, 3.05) is 26.4 Å². The van der Waals surface area contributed by atoms with Crippen molar-refractivity contribution < 1.29 is 89.0 Å². The van der Waals surface area contributed by atoms with Crippen LogP contribution in [0.5, 0.6) is 0 Å². The lowest BCUT2D eigenvalue weighted by Gasteiger charge is -2.46. The van der Waals surface area contributed by atoms with Gasteiger partial charge in [0.15, 0.2) is 0 Å². The van der Waals surface area contributed by atoms with E-state index in [0.717, 1.165) is 55.1 Å². The molecule has 0 aliphatic carbocycles. The first-order valence-corrected chi connectivity index (χ1v) is 30.4. The van der Waals surface area contributed by atoms with Gasteiger partial charge in [-0.1, -0.05) is 117 Å². The van der Waals surface area contributed by atoms with E-state index in [2.05, 4.69) is 41.2 Å². The van der Waals surface area contributed by atoms with Crippen LogP contribution in [0.15, 0.2) is 122 Å². The van der Waals surface area contributed by atoms with Crippen LogP contribution in [0.2, 0.25) is 0 Å². The van der Waals surface area contributed by atoms with E-state index in [9.17, 15) is 70.1 Å². The third-order valence-corrected chi connectivity index (χ3v) is 19.0. The second-order valence-corrected chi connectivity index (χ2v) is 24.4. The lowest BCUT2D eigenvalue weighted by Crippen LogP contribution is -2.58. The standard InChI is InChI=1S/C30H36N6O8S.C28H30F2N6O8S/c1-15-7-3-5-9-17(15)19-11-35(33-31-19)23-25(39)21(13-37)43-29(27(23)41)45-30-28(42)24(26(40)22(14-38)44-30)36-12-20(32-34-36)18-10-6-4-8-16(18)2;29-15-7-3-1-5-13(15)17-9-35(33-31-17)21-23(39)19(11-37)43-27(25(21)41)45-28-26(42)22(24(40)20(12-38)44-28)36-10-18(32-34-36)14-6-2-4-8-16(14)30/h3-12,21-30,37-42H,13-14H2,1-2H3;1-10,19-28,37-42H,11-12H2/t21?,22?,23-,24-,25-,26-,27?,28?,29-,30-;19?,20?,21-,22-,23-,24-,25?,26?,27-,28-/m00/s1. The smallest absolute Gasteiger partial charge is 0.134 e. The minimum Gasteiger partial charge on any atom is -0.394 e. The van der Waals surface area contributed by atoms with Gasteiger partial charge in [0.05, 0.1) is 51.2 Å². The molecular formula is C58H66F2N12O16S2. The molecule has 4 aliphatic heterocycles. The average Bonchev–Trinajstić information content (AvgIpc) is 1.41. The van der Waals surface area contributed by atoms with Crippen LogP contribution in [-0.4, -0.2) is 243 Å². The minimum atomic E-state index is -1.53. The largest absolute Gasteiger partial charge is 0.394 e. The molecule has 0 bridgehead atoms. The quantitative estimate of drug-likeness (QED) is 0.0610. The minimum absolute atomic E-state index is 0.139. The molecule has 4 aromatic carbocycles. The van der Waals surface area contributed by atoms with Crippen LogP contribution in [0, 0.1) is 25.5 Å². The van der Waals surface area contributed by atoms with E-state index in [1.165, 1.54) is 58.2 Å². The van der Waals surface area contributed by atoms with Gasteiger partial charge in [-0.3, -0.25) is 0 Å². The van der Waals surface area contributed by atoms with Crippen LogP contribution in [0.4, 0.5) is 8.78 Å². The van der Waals surface area contributed by atoms with Gasteiger partial charge in [0.25, 0.3) is 0 Å². The Kier molecular flexibility index (Phi) is 20.2. The molecule has 0 radical (unpaired) electrons. The number of ether oxygens (including phenoxy) is 4. The number of rotatable bonds is 16. The number of benzene rings is 4. The first-order valence-electron chi connectivity index (χ1n) is 28.5. The van der Waals surface area contributed by atoms with Crippen molar-refractivity contribution in [2.24, 2.45) is 0 Å². The fourth-order valence-electron chi connectivity index (χ4n) is 11.5. The van der Waals surface area contributed by atoms with Crippen molar-refractivity contribution in [3.63, 3.8) is 0 Å². The van der Waals surface area contributed by atoms with Gasteiger partial charge in [0, 0.05) is 22.3 Å². The van der Waals surface area contributed by atoms with Crippen molar-refractivity contribution >= 4 is 23.5 Å². The maximum atomic E-state index is 14.4. The van der Waals surface area contributed by atoms with E-state index in [1.807, 2.05) is 62.4 Å². The first kappa shape index (κ1) is 64.9. The van der Waals surface area contributed by atoms with Crippen molar-refractivity contribution in [1.29, 1.82) is 0 Å². The van der Waals surface area contributed by atoms with Crippen molar-refractivity contribution in [2.45, 2.75) is 133 Å². The highest BCUT2D eigenvalue weighted by Gasteiger charge is 2.54. The molecule has 4 fully saturated rings. The van der Waals surface area contributed by atoms with Crippen LogP contribution in [0.25, 0.3) is 45.0 Å². The summed E-state index contributed by atoms with van der Waals surface area (Å²) < 4.78 is 57.1. The molecule has 4 saturated heterocycles. The summed E-state index contributed by atoms with van der Waals surface area (Å²) in [4.78, 5) is 0. The predicted molar refractivity (Wildman–Crippen MR) is 314 cm³/mol. The van der Waals surface area contributed by atoms with Gasteiger partial charge < -0.3 is 80.2 Å². The normalized spacial score (nSPS) is 32.1. The fraction of sp³-hybridized carbons (Fsp3) is 0.448. The highest BCUT2D eigenvalue weighted by Crippen LogP contribution is 2.45. The Bertz CT molecular complexity index is 3220. The summed E-state index contributed by atoms with van der Waals surface area (Å²) in [7, 11) is 0. The van der Waals surface area contributed by atoms with Gasteiger partial charge in [-0.25, -0.2) is 27.5 Å². The van der Waals surface area contributed by atoms with Crippen LogP contribution in [0.1, 0.15) is 35.3 Å². The van der Waals surface area contributed by atoms with E-state index in [0.29, 0.717) is 11.4 Å². The van der Waals surface area contributed by atoms with Crippen molar-refractivity contribution in [3.05, 3.63) is 145 Å². The van der Waals surface area contributed by atoms with Crippen LogP contribution < -0.4 is 0 Å². The Hall–Kier alpha value is -6.64. The van der Waals surface area contributed by atoms with E-state index in [4.69, 9.17) is 18.9 Å². The Labute approximate surface area is 519 Å². The predicted octanol–water partition coefficient (Wildman–Crippen LogP) is 0.0894.